The molecule has 0 aliphatic carbocycles. The monoisotopic (exact) mass is 500 g/mol. The van der Waals surface area contributed by atoms with Gasteiger partial charge in [0.1, 0.15) is 16.0 Å². The van der Waals surface area contributed by atoms with Crippen LogP contribution in [0.1, 0.15) is 17.3 Å². The standard InChI is InChI=1S/C21H20N6O5S2/c28-16-6-4-14(5-7-16)11-18(21(29)25-30)27-13-15(24-26-27)12-23-34(31,32)20-9-8-19(33-20)17-3-1-2-10-22-17/h1-10,13,18,23,28,30H,11-12H2,(H,25,29). The molecular formula is C21H20N6O5S2. The average molecular weight is 501 g/mol. The number of phenols is 1. The Morgan fingerprint density at radius 3 is 2.62 bits per heavy atom. The number of thiophene rings is 1. The topological polar surface area (TPSA) is 159 Å². The van der Waals surface area contributed by atoms with Crippen molar-refractivity contribution in [3.05, 3.63) is 78.2 Å². The lowest BCUT2D eigenvalue weighted by Gasteiger charge is -2.14. The molecule has 1 unspecified atom stereocenters. The summed E-state index contributed by atoms with van der Waals surface area (Å²) in [5.41, 5.74) is 3.28. The summed E-state index contributed by atoms with van der Waals surface area (Å²) in [6, 6.07) is 13.9. The number of amides is 1. The van der Waals surface area contributed by atoms with Crippen molar-refractivity contribution in [3.8, 4) is 16.3 Å². The summed E-state index contributed by atoms with van der Waals surface area (Å²) in [4.78, 5) is 17.1. The lowest BCUT2D eigenvalue weighted by molar-refractivity contribution is -0.133. The Kier molecular flexibility index (Phi) is 6.98. The van der Waals surface area contributed by atoms with Crippen LogP contribution < -0.4 is 10.2 Å². The number of rotatable bonds is 9. The minimum atomic E-state index is -3.81. The fraction of sp³-hybridized carbons (Fsp3) is 0.143. The molecule has 0 fully saturated rings. The Hall–Kier alpha value is -3.65. The number of pyridine rings is 1. The SMILES string of the molecule is O=C(NO)C(Cc1ccc(O)cc1)n1cc(CNS(=O)(=O)c2ccc(-c3ccccn3)s2)nn1. The van der Waals surface area contributed by atoms with Crippen molar-refractivity contribution in [3.63, 3.8) is 0 Å². The van der Waals surface area contributed by atoms with Gasteiger partial charge in [-0.25, -0.2) is 23.3 Å². The molecule has 3 aromatic heterocycles. The highest BCUT2D eigenvalue weighted by Crippen LogP contribution is 2.29. The molecule has 0 aliphatic heterocycles. The van der Waals surface area contributed by atoms with Gasteiger partial charge >= 0.3 is 0 Å². The maximum Gasteiger partial charge on any atom is 0.268 e. The van der Waals surface area contributed by atoms with Crippen molar-refractivity contribution >= 4 is 27.3 Å². The molecule has 3 heterocycles. The number of hydrogen-bond donors (Lipinski definition) is 4. The molecule has 1 aromatic carbocycles. The molecule has 0 saturated heterocycles. The molecule has 1 amide bonds. The van der Waals surface area contributed by atoms with Crippen molar-refractivity contribution in [2.24, 2.45) is 0 Å². The van der Waals surface area contributed by atoms with E-state index in [2.05, 4.69) is 20.0 Å². The van der Waals surface area contributed by atoms with Gasteiger partial charge in [-0.3, -0.25) is 15.0 Å². The third kappa shape index (κ3) is 5.46. The summed E-state index contributed by atoms with van der Waals surface area (Å²) in [7, 11) is -3.81. The number of carbonyl (C=O) groups is 1. The molecule has 34 heavy (non-hydrogen) atoms. The number of sulfonamides is 1. The first-order chi connectivity index (χ1) is 16.4. The maximum atomic E-state index is 12.7. The van der Waals surface area contributed by atoms with E-state index in [1.54, 1.807) is 42.0 Å². The fourth-order valence-corrected chi connectivity index (χ4v) is 5.46. The molecule has 4 N–H and O–H groups in total. The van der Waals surface area contributed by atoms with Crippen LogP contribution in [0.3, 0.4) is 0 Å². The van der Waals surface area contributed by atoms with Crippen LogP contribution in [-0.2, 0) is 27.8 Å². The largest absolute Gasteiger partial charge is 0.508 e. The van der Waals surface area contributed by atoms with E-state index in [9.17, 15) is 18.3 Å². The van der Waals surface area contributed by atoms with Gasteiger partial charge in [-0.05, 0) is 42.0 Å². The molecule has 0 aliphatic rings. The second-order valence-electron chi connectivity index (χ2n) is 7.21. The van der Waals surface area contributed by atoms with Gasteiger partial charge in [0.2, 0.25) is 10.0 Å². The minimum Gasteiger partial charge on any atom is -0.508 e. The van der Waals surface area contributed by atoms with Crippen molar-refractivity contribution in [2.45, 2.75) is 23.2 Å². The van der Waals surface area contributed by atoms with Crippen LogP contribution in [0, 0.1) is 0 Å². The molecule has 0 spiro atoms. The average Bonchev–Trinajstić information content (AvgIpc) is 3.53. The Balaban J connectivity index is 1.45. The van der Waals surface area contributed by atoms with Gasteiger partial charge in [0.25, 0.3) is 5.91 Å². The van der Waals surface area contributed by atoms with Crippen LogP contribution in [0.5, 0.6) is 5.75 Å². The molecule has 4 aromatic rings. The van der Waals surface area contributed by atoms with Gasteiger partial charge in [0.05, 0.1) is 29.0 Å². The highest BCUT2D eigenvalue weighted by Gasteiger charge is 2.23. The lowest BCUT2D eigenvalue weighted by Crippen LogP contribution is -2.32. The van der Waals surface area contributed by atoms with Gasteiger partial charge in [-0.2, -0.15) is 0 Å². The first-order valence-electron chi connectivity index (χ1n) is 9.99. The Labute approximate surface area is 198 Å². The Morgan fingerprint density at radius 1 is 1.12 bits per heavy atom. The zero-order valence-electron chi connectivity index (χ0n) is 17.6. The number of benzene rings is 1. The van der Waals surface area contributed by atoms with E-state index in [1.807, 2.05) is 6.07 Å². The van der Waals surface area contributed by atoms with Gasteiger partial charge in [-0.15, -0.1) is 16.4 Å². The van der Waals surface area contributed by atoms with Crippen LogP contribution in [0.4, 0.5) is 0 Å². The summed E-state index contributed by atoms with van der Waals surface area (Å²) < 4.78 is 29.3. The van der Waals surface area contributed by atoms with E-state index in [1.165, 1.54) is 29.1 Å². The highest BCUT2D eigenvalue weighted by molar-refractivity contribution is 7.91. The molecule has 176 valence electrons. The van der Waals surface area contributed by atoms with Gasteiger partial charge < -0.3 is 5.11 Å². The van der Waals surface area contributed by atoms with E-state index < -0.39 is 22.0 Å². The summed E-state index contributed by atoms with van der Waals surface area (Å²) in [5.74, 6) is -0.633. The summed E-state index contributed by atoms with van der Waals surface area (Å²) >= 11 is 1.09. The molecule has 1 atom stereocenters. The number of hydrogen-bond acceptors (Lipinski definition) is 9. The Bertz CT molecular complexity index is 1370. The van der Waals surface area contributed by atoms with E-state index >= 15 is 0 Å². The van der Waals surface area contributed by atoms with Crippen molar-refractivity contribution in [2.75, 3.05) is 0 Å². The van der Waals surface area contributed by atoms with Gasteiger partial charge in [-0.1, -0.05) is 23.4 Å². The summed E-state index contributed by atoms with van der Waals surface area (Å²) in [5, 5.41) is 26.4. The number of hydroxylamine groups is 1. The van der Waals surface area contributed by atoms with Gasteiger partial charge in [0.15, 0.2) is 0 Å². The van der Waals surface area contributed by atoms with E-state index in [-0.39, 0.29) is 28.6 Å². The zero-order valence-corrected chi connectivity index (χ0v) is 19.2. The quantitative estimate of drug-likeness (QED) is 0.200. The maximum absolute atomic E-state index is 12.7. The fourth-order valence-electron chi connectivity index (χ4n) is 3.13. The van der Waals surface area contributed by atoms with E-state index in [0.29, 0.717) is 11.3 Å². The molecule has 4 rings (SSSR count). The lowest BCUT2D eigenvalue weighted by atomic mass is 10.1. The summed E-state index contributed by atoms with van der Waals surface area (Å²) in [6.07, 6.45) is 3.22. The molecule has 0 radical (unpaired) electrons. The second-order valence-corrected chi connectivity index (χ2v) is 10.3. The third-order valence-corrected chi connectivity index (χ3v) is 7.86. The van der Waals surface area contributed by atoms with E-state index in [4.69, 9.17) is 5.21 Å². The summed E-state index contributed by atoms with van der Waals surface area (Å²) in [6.45, 7) is -0.147. The molecule has 0 saturated carbocycles. The molecule has 11 nitrogen and oxygen atoms in total. The number of aromatic hydroxyl groups is 1. The van der Waals surface area contributed by atoms with Crippen LogP contribution in [0.25, 0.3) is 10.6 Å². The van der Waals surface area contributed by atoms with Crippen molar-refractivity contribution in [1.82, 2.24) is 30.2 Å². The normalized spacial score (nSPS) is 12.4. The smallest absolute Gasteiger partial charge is 0.268 e. The zero-order chi connectivity index (χ0) is 24.1. The van der Waals surface area contributed by atoms with Crippen LogP contribution in [0.15, 0.2) is 71.2 Å². The highest BCUT2D eigenvalue weighted by atomic mass is 32.2. The predicted molar refractivity (Wildman–Crippen MR) is 122 cm³/mol. The number of phenolic OH excluding ortho intramolecular Hbond substituents is 1. The van der Waals surface area contributed by atoms with E-state index in [0.717, 1.165) is 16.2 Å². The van der Waals surface area contributed by atoms with Crippen LogP contribution in [-0.4, -0.2) is 44.6 Å². The third-order valence-electron chi connectivity index (χ3n) is 4.86. The molecule has 0 bridgehead atoms. The minimum absolute atomic E-state index is 0.0835. The van der Waals surface area contributed by atoms with Crippen LogP contribution in [0.2, 0.25) is 0 Å². The number of carbonyl (C=O) groups excluding carboxylic acids is 1. The van der Waals surface area contributed by atoms with Crippen LogP contribution >= 0.6 is 11.3 Å². The van der Waals surface area contributed by atoms with Crippen molar-refractivity contribution < 1.29 is 23.5 Å². The number of nitrogens with zero attached hydrogens (tertiary/aromatic N) is 4. The first kappa shape index (κ1) is 23.5. The number of aromatic nitrogens is 4. The number of nitrogens with one attached hydrogen (secondary N) is 2. The molecular weight excluding hydrogens is 480 g/mol. The van der Waals surface area contributed by atoms with Crippen molar-refractivity contribution in [1.29, 1.82) is 0 Å². The first-order valence-corrected chi connectivity index (χ1v) is 12.3. The van der Waals surface area contributed by atoms with Gasteiger partial charge in [0, 0.05) is 12.6 Å². The predicted octanol–water partition coefficient (Wildman–Crippen LogP) is 1.87. The molecule has 13 heteroatoms. The Morgan fingerprint density at radius 2 is 1.91 bits per heavy atom. The second kappa shape index (κ2) is 10.1.